The summed E-state index contributed by atoms with van der Waals surface area (Å²) in [7, 11) is 0. The fourth-order valence-corrected chi connectivity index (χ4v) is 2.52. The molecule has 1 atom stereocenters. The minimum atomic E-state index is 0.612. The molecule has 100 valence electrons. The Balaban J connectivity index is 1.59. The van der Waals surface area contributed by atoms with E-state index in [-0.39, 0.29) is 0 Å². The number of nitrogens with one attached hydrogen (secondary N) is 1. The maximum atomic E-state index is 5.71. The number of nitrogens with zero attached hydrogens (tertiary/aromatic N) is 2. The van der Waals surface area contributed by atoms with Gasteiger partial charge in [-0.1, -0.05) is 24.6 Å². The zero-order valence-corrected chi connectivity index (χ0v) is 11.0. The van der Waals surface area contributed by atoms with Gasteiger partial charge in [0.1, 0.15) is 0 Å². The van der Waals surface area contributed by atoms with Crippen molar-refractivity contribution in [1.82, 2.24) is 15.5 Å². The topological polar surface area (TPSA) is 51.0 Å². The van der Waals surface area contributed by atoms with Gasteiger partial charge in [0.15, 0.2) is 0 Å². The summed E-state index contributed by atoms with van der Waals surface area (Å²) in [5.74, 6) is 1.36. The summed E-state index contributed by atoms with van der Waals surface area (Å²) in [6.07, 6.45) is 5.83. The van der Waals surface area contributed by atoms with E-state index in [0.717, 1.165) is 30.8 Å². The van der Waals surface area contributed by atoms with Crippen LogP contribution in [0.4, 0.5) is 0 Å². The van der Waals surface area contributed by atoms with Gasteiger partial charge in [0, 0.05) is 18.0 Å². The van der Waals surface area contributed by atoms with Crippen LogP contribution in [-0.2, 0) is 6.42 Å². The minimum Gasteiger partial charge on any atom is -0.421 e. The van der Waals surface area contributed by atoms with E-state index < -0.39 is 0 Å². The monoisotopic (exact) mass is 257 g/mol. The Bertz CT molecular complexity index is 503. The maximum absolute atomic E-state index is 5.71. The van der Waals surface area contributed by atoms with Crippen LogP contribution < -0.4 is 5.32 Å². The van der Waals surface area contributed by atoms with Gasteiger partial charge >= 0.3 is 0 Å². The smallest absolute Gasteiger partial charge is 0.247 e. The van der Waals surface area contributed by atoms with Gasteiger partial charge in [-0.15, -0.1) is 10.2 Å². The molecule has 1 aromatic carbocycles. The van der Waals surface area contributed by atoms with Crippen LogP contribution in [-0.4, -0.2) is 22.8 Å². The van der Waals surface area contributed by atoms with Gasteiger partial charge in [0.05, 0.1) is 0 Å². The molecule has 0 saturated carbocycles. The van der Waals surface area contributed by atoms with Gasteiger partial charge in [-0.25, -0.2) is 0 Å². The lowest BCUT2D eigenvalue weighted by molar-refractivity contribution is 0.369. The molecule has 1 aliphatic rings. The lowest BCUT2D eigenvalue weighted by Crippen LogP contribution is -2.34. The molecule has 3 rings (SSSR count). The third kappa shape index (κ3) is 3.20. The third-order valence-electron chi connectivity index (χ3n) is 3.61. The summed E-state index contributed by atoms with van der Waals surface area (Å²) in [4.78, 5) is 0. The first-order valence-corrected chi connectivity index (χ1v) is 7.03. The zero-order chi connectivity index (χ0) is 12.9. The third-order valence-corrected chi connectivity index (χ3v) is 3.61. The van der Waals surface area contributed by atoms with E-state index in [1.54, 1.807) is 0 Å². The molecule has 2 aromatic rings. The number of aromatic nitrogens is 2. The van der Waals surface area contributed by atoms with E-state index in [1.165, 1.54) is 19.3 Å². The zero-order valence-electron chi connectivity index (χ0n) is 11.0. The molecule has 1 aromatic heterocycles. The fraction of sp³-hybridized carbons (Fsp3) is 0.467. The first kappa shape index (κ1) is 12.4. The fourth-order valence-electron chi connectivity index (χ4n) is 2.52. The number of aryl methyl sites for hydroxylation is 1. The van der Waals surface area contributed by atoms with E-state index in [0.29, 0.717) is 11.9 Å². The summed E-state index contributed by atoms with van der Waals surface area (Å²) in [5.41, 5.74) is 0.983. The molecule has 1 aliphatic heterocycles. The second-order valence-corrected chi connectivity index (χ2v) is 5.05. The highest BCUT2D eigenvalue weighted by atomic mass is 16.4. The lowest BCUT2D eigenvalue weighted by atomic mass is 10.0. The molecule has 4 heteroatoms. The van der Waals surface area contributed by atoms with Gasteiger partial charge < -0.3 is 9.73 Å². The number of hydrogen-bond donors (Lipinski definition) is 1. The summed E-state index contributed by atoms with van der Waals surface area (Å²) < 4.78 is 5.71. The number of piperidine rings is 1. The Hall–Kier alpha value is -1.68. The van der Waals surface area contributed by atoms with E-state index >= 15 is 0 Å². The van der Waals surface area contributed by atoms with E-state index in [2.05, 4.69) is 15.5 Å². The van der Waals surface area contributed by atoms with Crippen molar-refractivity contribution in [2.24, 2.45) is 0 Å². The second-order valence-electron chi connectivity index (χ2n) is 5.05. The molecule has 19 heavy (non-hydrogen) atoms. The van der Waals surface area contributed by atoms with Crippen LogP contribution in [0.25, 0.3) is 11.5 Å². The molecule has 4 nitrogen and oxygen atoms in total. The van der Waals surface area contributed by atoms with Crippen molar-refractivity contribution in [2.45, 2.75) is 38.1 Å². The van der Waals surface area contributed by atoms with Crippen LogP contribution in [0.2, 0.25) is 0 Å². The number of rotatable bonds is 4. The van der Waals surface area contributed by atoms with E-state index in [4.69, 9.17) is 4.42 Å². The largest absolute Gasteiger partial charge is 0.421 e. The van der Waals surface area contributed by atoms with Crippen LogP contribution in [0.5, 0.6) is 0 Å². The van der Waals surface area contributed by atoms with Gasteiger partial charge in [0.2, 0.25) is 11.8 Å². The van der Waals surface area contributed by atoms with Gasteiger partial charge in [-0.3, -0.25) is 0 Å². The molecular weight excluding hydrogens is 238 g/mol. The molecule has 0 radical (unpaired) electrons. The average Bonchev–Trinajstić information content (AvgIpc) is 2.96. The highest BCUT2D eigenvalue weighted by Gasteiger charge is 2.14. The van der Waals surface area contributed by atoms with Crippen molar-refractivity contribution in [1.29, 1.82) is 0 Å². The Labute approximate surface area is 113 Å². The molecular formula is C15H19N3O. The molecule has 1 unspecified atom stereocenters. The minimum absolute atomic E-state index is 0.612. The van der Waals surface area contributed by atoms with E-state index in [1.807, 2.05) is 30.3 Å². The Morgan fingerprint density at radius 3 is 2.84 bits per heavy atom. The standard InChI is InChI=1S/C15H19N3O/c1-2-6-12(7-3-1)15-18-17-14(19-15)10-9-13-8-4-5-11-16-13/h1-3,6-7,13,16H,4-5,8-11H2. The average molecular weight is 257 g/mol. The maximum Gasteiger partial charge on any atom is 0.247 e. The molecule has 0 aliphatic carbocycles. The molecule has 0 bridgehead atoms. The van der Waals surface area contributed by atoms with Crippen LogP contribution in [0.3, 0.4) is 0 Å². The molecule has 0 spiro atoms. The Morgan fingerprint density at radius 2 is 2.05 bits per heavy atom. The lowest BCUT2D eigenvalue weighted by Gasteiger charge is -2.22. The van der Waals surface area contributed by atoms with Crippen LogP contribution >= 0.6 is 0 Å². The van der Waals surface area contributed by atoms with Crippen molar-refractivity contribution in [3.05, 3.63) is 36.2 Å². The Kier molecular flexibility index (Phi) is 3.89. The molecule has 1 saturated heterocycles. The summed E-state index contributed by atoms with van der Waals surface area (Å²) in [6, 6.07) is 10.5. The van der Waals surface area contributed by atoms with Crippen molar-refractivity contribution >= 4 is 0 Å². The van der Waals surface area contributed by atoms with Crippen molar-refractivity contribution in [3.63, 3.8) is 0 Å². The van der Waals surface area contributed by atoms with Gasteiger partial charge in [-0.2, -0.15) is 0 Å². The highest BCUT2D eigenvalue weighted by molar-refractivity contribution is 5.51. The van der Waals surface area contributed by atoms with Crippen LogP contribution in [0.15, 0.2) is 34.7 Å². The summed E-state index contributed by atoms with van der Waals surface area (Å²) in [5, 5.41) is 11.8. The van der Waals surface area contributed by atoms with Gasteiger partial charge in [-0.05, 0) is 37.9 Å². The van der Waals surface area contributed by atoms with Gasteiger partial charge in [0.25, 0.3) is 0 Å². The highest BCUT2D eigenvalue weighted by Crippen LogP contribution is 2.18. The molecule has 1 N–H and O–H groups in total. The number of benzene rings is 1. The first-order chi connectivity index (χ1) is 9.42. The quantitative estimate of drug-likeness (QED) is 0.915. The SMILES string of the molecule is c1ccc(-c2nnc(CCC3CCCCN3)o2)cc1. The summed E-state index contributed by atoms with van der Waals surface area (Å²) in [6.45, 7) is 1.14. The first-order valence-electron chi connectivity index (χ1n) is 7.03. The van der Waals surface area contributed by atoms with Crippen molar-refractivity contribution in [3.8, 4) is 11.5 Å². The number of hydrogen-bond acceptors (Lipinski definition) is 4. The molecule has 2 heterocycles. The van der Waals surface area contributed by atoms with Crippen molar-refractivity contribution < 1.29 is 4.42 Å². The van der Waals surface area contributed by atoms with Crippen LogP contribution in [0.1, 0.15) is 31.6 Å². The second kappa shape index (κ2) is 5.97. The predicted molar refractivity (Wildman–Crippen MR) is 73.7 cm³/mol. The predicted octanol–water partition coefficient (Wildman–Crippen LogP) is 2.81. The van der Waals surface area contributed by atoms with Crippen molar-refractivity contribution in [2.75, 3.05) is 6.54 Å². The Morgan fingerprint density at radius 1 is 1.16 bits per heavy atom. The summed E-state index contributed by atoms with van der Waals surface area (Å²) >= 11 is 0. The van der Waals surface area contributed by atoms with Crippen LogP contribution in [0, 0.1) is 0 Å². The normalized spacial score (nSPS) is 19.5. The molecule has 1 fully saturated rings. The molecule has 0 amide bonds. The van der Waals surface area contributed by atoms with E-state index in [9.17, 15) is 0 Å².